The van der Waals surface area contributed by atoms with Gasteiger partial charge in [0.2, 0.25) is 10.0 Å². The number of rotatable bonds is 5. The monoisotopic (exact) mass is 384 g/mol. The number of halogens is 1. The fourth-order valence-electron chi connectivity index (χ4n) is 2.66. The van der Waals surface area contributed by atoms with Gasteiger partial charge in [-0.15, -0.1) is 0 Å². The van der Waals surface area contributed by atoms with Crippen LogP contribution in [0.2, 0.25) is 5.02 Å². The van der Waals surface area contributed by atoms with E-state index in [0.29, 0.717) is 23.6 Å². The number of nitrogens with zero attached hydrogens (tertiary/aromatic N) is 1. The van der Waals surface area contributed by atoms with Crippen LogP contribution < -0.4 is 4.72 Å². The second-order valence-corrected chi connectivity index (χ2v) is 7.89. The van der Waals surface area contributed by atoms with Crippen LogP contribution in [0.1, 0.15) is 29.8 Å². The standard InChI is InChI=1S/C16H17ClN2O5S/c17-13-7-2-1-6-12(13)15-14(18-10-24-15)16(20)19-25(21,22)9-11-5-3-4-8-23-11/h1-2,6-7,10-11H,3-5,8-9H2,(H,19,20). The van der Waals surface area contributed by atoms with Crippen molar-refractivity contribution in [2.75, 3.05) is 12.4 Å². The van der Waals surface area contributed by atoms with Crippen molar-refractivity contribution in [3.8, 4) is 11.3 Å². The first kappa shape index (κ1) is 17.9. The Morgan fingerprint density at radius 3 is 2.84 bits per heavy atom. The van der Waals surface area contributed by atoms with Gasteiger partial charge in [-0.2, -0.15) is 0 Å². The molecular formula is C16H17ClN2O5S. The van der Waals surface area contributed by atoms with Crippen molar-refractivity contribution in [1.29, 1.82) is 0 Å². The summed E-state index contributed by atoms with van der Waals surface area (Å²) < 4.78 is 37.1. The van der Waals surface area contributed by atoms with Crippen LogP contribution in [-0.4, -0.2) is 37.8 Å². The maximum atomic E-state index is 12.4. The van der Waals surface area contributed by atoms with Gasteiger partial charge in [-0.05, 0) is 31.4 Å². The van der Waals surface area contributed by atoms with Crippen LogP contribution in [0, 0.1) is 0 Å². The van der Waals surface area contributed by atoms with E-state index in [4.69, 9.17) is 20.8 Å². The van der Waals surface area contributed by atoms with Gasteiger partial charge in [-0.3, -0.25) is 4.79 Å². The molecule has 1 aliphatic heterocycles. The second-order valence-electron chi connectivity index (χ2n) is 5.71. The van der Waals surface area contributed by atoms with E-state index in [2.05, 4.69) is 4.98 Å². The molecule has 1 atom stereocenters. The molecule has 7 nitrogen and oxygen atoms in total. The first-order chi connectivity index (χ1) is 12.0. The number of hydrogen-bond acceptors (Lipinski definition) is 6. The highest BCUT2D eigenvalue weighted by Crippen LogP contribution is 2.30. The van der Waals surface area contributed by atoms with E-state index in [0.717, 1.165) is 19.2 Å². The fraction of sp³-hybridized carbons (Fsp3) is 0.375. The average molecular weight is 385 g/mol. The number of ether oxygens (including phenoxy) is 1. The molecule has 3 rings (SSSR count). The highest BCUT2D eigenvalue weighted by Gasteiger charge is 2.27. The maximum absolute atomic E-state index is 12.4. The summed E-state index contributed by atoms with van der Waals surface area (Å²) in [7, 11) is -3.85. The molecule has 1 unspecified atom stereocenters. The molecule has 0 saturated carbocycles. The topological polar surface area (TPSA) is 98.5 Å². The third-order valence-corrected chi connectivity index (χ3v) is 5.47. The lowest BCUT2D eigenvalue weighted by molar-refractivity contribution is 0.0304. The molecule has 0 spiro atoms. The summed E-state index contributed by atoms with van der Waals surface area (Å²) >= 11 is 6.10. The number of benzene rings is 1. The van der Waals surface area contributed by atoms with Gasteiger partial charge in [0.1, 0.15) is 0 Å². The Morgan fingerprint density at radius 1 is 1.32 bits per heavy atom. The number of sulfonamides is 1. The number of hydrogen-bond donors (Lipinski definition) is 1. The van der Waals surface area contributed by atoms with Crippen LogP contribution >= 0.6 is 11.6 Å². The van der Waals surface area contributed by atoms with Gasteiger partial charge in [-0.25, -0.2) is 18.1 Å². The molecule has 1 saturated heterocycles. The van der Waals surface area contributed by atoms with E-state index in [-0.39, 0.29) is 17.2 Å². The molecule has 0 radical (unpaired) electrons. The Hall–Kier alpha value is -1.90. The summed E-state index contributed by atoms with van der Waals surface area (Å²) in [6, 6.07) is 6.75. The number of nitrogens with one attached hydrogen (secondary N) is 1. The average Bonchev–Trinajstić information content (AvgIpc) is 3.05. The van der Waals surface area contributed by atoms with E-state index in [1.165, 1.54) is 0 Å². The number of amides is 1. The zero-order valence-corrected chi connectivity index (χ0v) is 14.8. The highest BCUT2D eigenvalue weighted by molar-refractivity contribution is 7.90. The summed E-state index contributed by atoms with van der Waals surface area (Å²) in [5, 5.41) is 0.367. The zero-order chi connectivity index (χ0) is 17.9. The molecule has 1 aromatic carbocycles. The lowest BCUT2D eigenvalue weighted by Gasteiger charge is -2.22. The Balaban J connectivity index is 1.76. The van der Waals surface area contributed by atoms with Gasteiger partial charge in [0, 0.05) is 12.2 Å². The molecule has 0 aliphatic carbocycles. The summed E-state index contributed by atoms with van der Waals surface area (Å²) in [6.07, 6.45) is 3.16. The molecule has 1 aliphatic rings. The number of carbonyl (C=O) groups is 1. The van der Waals surface area contributed by atoms with Crippen LogP contribution in [0.4, 0.5) is 0 Å². The molecular weight excluding hydrogens is 368 g/mol. The van der Waals surface area contributed by atoms with E-state index in [1.54, 1.807) is 24.3 Å². The largest absolute Gasteiger partial charge is 0.443 e. The van der Waals surface area contributed by atoms with Gasteiger partial charge in [0.15, 0.2) is 17.8 Å². The summed E-state index contributed by atoms with van der Waals surface area (Å²) in [5.41, 5.74) is 0.320. The molecule has 1 N–H and O–H groups in total. The minimum Gasteiger partial charge on any atom is -0.443 e. The van der Waals surface area contributed by atoms with Crippen molar-refractivity contribution >= 4 is 27.5 Å². The van der Waals surface area contributed by atoms with Crippen LogP contribution in [0.15, 0.2) is 35.1 Å². The van der Waals surface area contributed by atoms with Crippen molar-refractivity contribution in [3.63, 3.8) is 0 Å². The smallest absolute Gasteiger partial charge is 0.287 e. The Labute approximate surface area is 150 Å². The van der Waals surface area contributed by atoms with E-state index in [9.17, 15) is 13.2 Å². The molecule has 2 aromatic rings. The van der Waals surface area contributed by atoms with Crippen LogP contribution in [0.5, 0.6) is 0 Å². The first-order valence-electron chi connectivity index (χ1n) is 7.81. The molecule has 1 fully saturated rings. The Morgan fingerprint density at radius 2 is 2.12 bits per heavy atom. The van der Waals surface area contributed by atoms with Crippen molar-refractivity contribution in [3.05, 3.63) is 41.4 Å². The summed E-state index contributed by atoms with van der Waals surface area (Å²) in [6.45, 7) is 0.536. The van der Waals surface area contributed by atoms with Crippen molar-refractivity contribution in [2.45, 2.75) is 25.4 Å². The number of carbonyl (C=O) groups excluding carboxylic acids is 1. The molecule has 2 heterocycles. The summed E-state index contributed by atoms with van der Waals surface area (Å²) in [5.74, 6) is -1.01. The third-order valence-electron chi connectivity index (χ3n) is 3.83. The zero-order valence-electron chi connectivity index (χ0n) is 13.3. The van der Waals surface area contributed by atoms with E-state index in [1.807, 2.05) is 4.72 Å². The van der Waals surface area contributed by atoms with Crippen molar-refractivity contribution in [1.82, 2.24) is 9.71 Å². The Bertz CT molecular complexity index is 859. The predicted octanol–water partition coefficient (Wildman–Crippen LogP) is 2.62. The van der Waals surface area contributed by atoms with Crippen LogP contribution in [0.3, 0.4) is 0 Å². The number of oxazole rings is 1. The quantitative estimate of drug-likeness (QED) is 0.850. The fourth-order valence-corrected chi connectivity index (χ4v) is 4.10. The summed E-state index contributed by atoms with van der Waals surface area (Å²) in [4.78, 5) is 16.2. The predicted molar refractivity (Wildman–Crippen MR) is 91.8 cm³/mol. The molecule has 9 heteroatoms. The van der Waals surface area contributed by atoms with Gasteiger partial charge in [0.05, 0.1) is 16.9 Å². The maximum Gasteiger partial charge on any atom is 0.287 e. The first-order valence-corrected chi connectivity index (χ1v) is 9.84. The molecule has 1 amide bonds. The van der Waals surface area contributed by atoms with Crippen LogP contribution in [0.25, 0.3) is 11.3 Å². The van der Waals surface area contributed by atoms with Gasteiger partial charge < -0.3 is 9.15 Å². The minimum absolute atomic E-state index is 0.118. The number of aromatic nitrogens is 1. The second kappa shape index (κ2) is 7.55. The third kappa shape index (κ3) is 4.39. The lowest BCUT2D eigenvalue weighted by atomic mass is 10.1. The van der Waals surface area contributed by atoms with E-state index < -0.39 is 22.0 Å². The van der Waals surface area contributed by atoms with Crippen LogP contribution in [-0.2, 0) is 14.8 Å². The normalized spacial score (nSPS) is 18.0. The molecule has 25 heavy (non-hydrogen) atoms. The highest BCUT2D eigenvalue weighted by atomic mass is 35.5. The lowest BCUT2D eigenvalue weighted by Crippen LogP contribution is -2.38. The molecule has 0 bridgehead atoms. The van der Waals surface area contributed by atoms with Gasteiger partial charge in [0.25, 0.3) is 5.91 Å². The Kier molecular flexibility index (Phi) is 5.41. The van der Waals surface area contributed by atoms with Gasteiger partial charge in [-0.1, -0.05) is 23.7 Å². The SMILES string of the molecule is O=C(NS(=O)(=O)CC1CCCCO1)c1ncoc1-c1ccccc1Cl. The molecule has 134 valence electrons. The minimum atomic E-state index is -3.85. The van der Waals surface area contributed by atoms with Crippen molar-refractivity contribution in [2.24, 2.45) is 0 Å². The van der Waals surface area contributed by atoms with E-state index >= 15 is 0 Å². The van der Waals surface area contributed by atoms with Gasteiger partial charge >= 0.3 is 0 Å². The van der Waals surface area contributed by atoms with Crippen molar-refractivity contribution < 1.29 is 22.4 Å². The molecule has 1 aromatic heterocycles.